The Hall–Kier alpha value is -2.30. The predicted molar refractivity (Wildman–Crippen MR) is 81.8 cm³/mol. The molecule has 2 heterocycles. The van der Waals surface area contributed by atoms with E-state index in [1.165, 1.54) is 5.56 Å². The number of fused-ring (bicyclic) bond motifs is 1. The van der Waals surface area contributed by atoms with Crippen LogP contribution in [0, 0.1) is 5.92 Å². The average Bonchev–Trinajstić information content (AvgIpc) is 2.91. The lowest BCUT2D eigenvalue weighted by Crippen LogP contribution is -2.39. The number of nitrogens with zero attached hydrogens (tertiary/aromatic N) is 3. The number of hydrogen-bond donors (Lipinski definition) is 1. The number of aryl methyl sites for hydroxylation is 1. The Morgan fingerprint density at radius 2 is 2.29 bits per heavy atom. The van der Waals surface area contributed by atoms with Gasteiger partial charge in [-0.2, -0.15) is 5.10 Å². The highest BCUT2D eigenvalue weighted by Gasteiger charge is 2.26. The van der Waals surface area contributed by atoms with E-state index in [4.69, 9.17) is 0 Å². The van der Waals surface area contributed by atoms with E-state index in [9.17, 15) is 4.79 Å². The van der Waals surface area contributed by atoms with Crippen molar-refractivity contribution in [3.63, 3.8) is 0 Å². The minimum absolute atomic E-state index is 0.00146. The summed E-state index contributed by atoms with van der Waals surface area (Å²) in [6, 6.07) is 8.19. The maximum atomic E-state index is 12.6. The Kier molecular flexibility index (Phi) is 3.64. The van der Waals surface area contributed by atoms with Gasteiger partial charge in [0.15, 0.2) is 0 Å². The number of amides is 1. The topological polar surface area (TPSA) is 50.2 Å². The molecule has 0 saturated carbocycles. The molecule has 1 aliphatic heterocycles. The number of rotatable bonds is 3. The average molecular weight is 284 g/mol. The van der Waals surface area contributed by atoms with Crippen molar-refractivity contribution in [2.45, 2.75) is 13.0 Å². The van der Waals surface area contributed by atoms with Crippen molar-refractivity contribution < 1.29 is 4.79 Å². The summed E-state index contributed by atoms with van der Waals surface area (Å²) in [4.78, 5) is 14.4. The zero-order valence-electron chi connectivity index (χ0n) is 12.4. The van der Waals surface area contributed by atoms with Crippen molar-refractivity contribution >= 4 is 11.6 Å². The summed E-state index contributed by atoms with van der Waals surface area (Å²) in [5.74, 6) is 0.183. The normalized spacial score (nSPS) is 17.0. The monoisotopic (exact) mass is 284 g/mol. The van der Waals surface area contributed by atoms with Crippen LogP contribution in [0.25, 0.3) is 0 Å². The molecule has 2 aromatic rings. The molecule has 1 unspecified atom stereocenters. The van der Waals surface area contributed by atoms with Crippen LogP contribution in [0.2, 0.25) is 0 Å². The fourth-order valence-corrected chi connectivity index (χ4v) is 2.83. The number of nitrogens with one attached hydrogen (secondary N) is 1. The van der Waals surface area contributed by atoms with E-state index >= 15 is 0 Å². The standard InChI is InChI=1S/C16H20N4O/c1-19(10-12-8-18-20(2)11-12)16(21)14-7-13-5-3-4-6-15(13)17-9-14/h3-6,8,11,14,17H,7,9-10H2,1-2H3. The molecule has 1 aromatic carbocycles. The van der Waals surface area contributed by atoms with Crippen molar-refractivity contribution in [3.8, 4) is 0 Å². The number of aromatic nitrogens is 2. The molecule has 3 rings (SSSR count). The SMILES string of the molecule is CN(Cc1cnn(C)c1)C(=O)C1CNc2ccccc2C1. The molecule has 1 aliphatic rings. The summed E-state index contributed by atoms with van der Waals surface area (Å²) in [5, 5.41) is 7.49. The number of benzene rings is 1. The van der Waals surface area contributed by atoms with Crippen LogP contribution in [0.5, 0.6) is 0 Å². The van der Waals surface area contributed by atoms with Gasteiger partial charge in [-0.25, -0.2) is 0 Å². The number of anilines is 1. The van der Waals surface area contributed by atoms with E-state index in [2.05, 4.69) is 22.5 Å². The quantitative estimate of drug-likeness (QED) is 0.932. The van der Waals surface area contributed by atoms with Gasteiger partial charge < -0.3 is 10.2 Å². The predicted octanol–water partition coefficient (Wildman–Crippen LogP) is 1.66. The fourth-order valence-electron chi connectivity index (χ4n) is 2.83. The molecule has 21 heavy (non-hydrogen) atoms. The maximum absolute atomic E-state index is 12.6. The van der Waals surface area contributed by atoms with Gasteiger partial charge in [-0.1, -0.05) is 18.2 Å². The number of carbonyl (C=O) groups is 1. The van der Waals surface area contributed by atoms with Crippen molar-refractivity contribution in [2.24, 2.45) is 13.0 Å². The van der Waals surface area contributed by atoms with E-state index in [-0.39, 0.29) is 11.8 Å². The molecule has 0 radical (unpaired) electrons. The van der Waals surface area contributed by atoms with Crippen LogP contribution in [0.1, 0.15) is 11.1 Å². The lowest BCUT2D eigenvalue weighted by atomic mass is 9.93. The van der Waals surface area contributed by atoms with Gasteiger partial charge in [0.2, 0.25) is 5.91 Å². The Morgan fingerprint density at radius 3 is 3.05 bits per heavy atom. The van der Waals surface area contributed by atoms with Gasteiger partial charge in [-0.15, -0.1) is 0 Å². The maximum Gasteiger partial charge on any atom is 0.227 e. The molecule has 1 aromatic heterocycles. The van der Waals surface area contributed by atoms with Gasteiger partial charge in [0, 0.05) is 44.6 Å². The fraction of sp³-hybridized carbons (Fsp3) is 0.375. The highest BCUT2D eigenvalue weighted by molar-refractivity contribution is 5.80. The Morgan fingerprint density at radius 1 is 1.48 bits per heavy atom. The van der Waals surface area contributed by atoms with Crippen molar-refractivity contribution in [1.29, 1.82) is 0 Å². The zero-order valence-corrected chi connectivity index (χ0v) is 12.4. The summed E-state index contributed by atoms with van der Waals surface area (Å²) in [5.41, 5.74) is 3.42. The molecule has 5 nitrogen and oxygen atoms in total. The molecule has 0 aliphatic carbocycles. The van der Waals surface area contributed by atoms with Crippen LogP contribution in [-0.2, 0) is 24.8 Å². The molecule has 0 spiro atoms. The van der Waals surface area contributed by atoms with Gasteiger partial charge in [-0.05, 0) is 18.1 Å². The second-order valence-corrected chi connectivity index (χ2v) is 5.66. The first-order valence-electron chi connectivity index (χ1n) is 7.18. The summed E-state index contributed by atoms with van der Waals surface area (Å²) in [6.07, 6.45) is 4.55. The smallest absolute Gasteiger partial charge is 0.227 e. The van der Waals surface area contributed by atoms with Crippen molar-refractivity contribution in [2.75, 3.05) is 18.9 Å². The summed E-state index contributed by atoms with van der Waals surface area (Å²) in [7, 11) is 3.74. The third-order valence-corrected chi connectivity index (χ3v) is 3.93. The molecule has 5 heteroatoms. The molecule has 1 amide bonds. The van der Waals surface area contributed by atoms with Crippen molar-refractivity contribution in [3.05, 3.63) is 47.8 Å². The third kappa shape index (κ3) is 2.91. The minimum Gasteiger partial charge on any atom is -0.384 e. The van der Waals surface area contributed by atoms with E-state index in [0.29, 0.717) is 13.1 Å². The minimum atomic E-state index is 0.00146. The van der Waals surface area contributed by atoms with Gasteiger partial charge in [0.05, 0.1) is 12.1 Å². The molecule has 0 fully saturated rings. The summed E-state index contributed by atoms with van der Waals surface area (Å²) in [6.45, 7) is 1.30. The Labute approximate surface area is 124 Å². The number of para-hydroxylation sites is 1. The van der Waals surface area contributed by atoms with Gasteiger partial charge in [0.1, 0.15) is 0 Å². The second-order valence-electron chi connectivity index (χ2n) is 5.66. The molecule has 1 atom stereocenters. The Balaban J connectivity index is 1.66. The zero-order chi connectivity index (χ0) is 14.8. The highest BCUT2D eigenvalue weighted by Crippen LogP contribution is 2.25. The summed E-state index contributed by atoms with van der Waals surface area (Å²) < 4.78 is 1.76. The third-order valence-electron chi connectivity index (χ3n) is 3.93. The van der Waals surface area contributed by atoms with Crippen LogP contribution in [0.4, 0.5) is 5.69 Å². The first kappa shape index (κ1) is 13.7. The lowest BCUT2D eigenvalue weighted by Gasteiger charge is -2.28. The van der Waals surface area contributed by atoms with Crippen LogP contribution in [-0.4, -0.2) is 34.2 Å². The van der Waals surface area contributed by atoms with E-state index in [0.717, 1.165) is 17.7 Å². The first-order chi connectivity index (χ1) is 10.1. The summed E-state index contributed by atoms with van der Waals surface area (Å²) >= 11 is 0. The largest absolute Gasteiger partial charge is 0.384 e. The van der Waals surface area contributed by atoms with Gasteiger partial charge in [0.25, 0.3) is 0 Å². The second kappa shape index (κ2) is 5.60. The van der Waals surface area contributed by atoms with Crippen LogP contribution in [0.15, 0.2) is 36.7 Å². The first-order valence-corrected chi connectivity index (χ1v) is 7.18. The van der Waals surface area contributed by atoms with E-state index < -0.39 is 0 Å². The van der Waals surface area contributed by atoms with Crippen molar-refractivity contribution in [1.82, 2.24) is 14.7 Å². The molecule has 1 N–H and O–H groups in total. The molecule has 0 saturated heterocycles. The molecule has 110 valence electrons. The molecular weight excluding hydrogens is 264 g/mol. The highest BCUT2D eigenvalue weighted by atomic mass is 16.2. The van der Waals surface area contributed by atoms with Crippen LogP contribution >= 0.6 is 0 Å². The van der Waals surface area contributed by atoms with Crippen LogP contribution in [0.3, 0.4) is 0 Å². The lowest BCUT2D eigenvalue weighted by molar-refractivity contribution is -0.134. The van der Waals surface area contributed by atoms with E-state index in [1.807, 2.05) is 32.4 Å². The van der Waals surface area contributed by atoms with Crippen LogP contribution < -0.4 is 5.32 Å². The van der Waals surface area contributed by atoms with E-state index in [1.54, 1.807) is 15.8 Å². The number of carbonyl (C=O) groups excluding carboxylic acids is 1. The molecular formula is C16H20N4O. The molecule has 0 bridgehead atoms. The van der Waals surface area contributed by atoms with Gasteiger partial charge >= 0.3 is 0 Å². The van der Waals surface area contributed by atoms with Gasteiger partial charge in [-0.3, -0.25) is 9.48 Å². The Bertz CT molecular complexity index is 649. The number of hydrogen-bond acceptors (Lipinski definition) is 3.